The van der Waals surface area contributed by atoms with Gasteiger partial charge in [-0.2, -0.15) is 0 Å². The minimum atomic E-state index is -0.459. The molecule has 0 unspecified atom stereocenters. The Morgan fingerprint density at radius 3 is 2.62 bits per heavy atom. The number of hydrogen-bond donors (Lipinski definition) is 1. The maximum atomic E-state index is 12.1. The molecule has 5 heteroatoms. The first kappa shape index (κ1) is 16.1. The van der Waals surface area contributed by atoms with Gasteiger partial charge in [0.25, 0.3) is 0 Å². The maximum absolute atomic E-state index is 12.1. The number of aromatic nitrogens is 1. The molecule has 5 nitrogen and oxygen atoms in total. The van der Waals surface area contributed by atoms with Crippen LogP contribution in [0.2, 0.25) is 0 Å². The van der Waals surface area contributed by atoms with Crippen LogP contribution in [0.15, 0.2) is 46.9 Å². The number of hydrogen-bond acceptors (Lipinski definition) is 4. The van der Waals surface area contributed by atoms with Gasteiger partial charge >= 0.3 is 0 Å². The fourth-order valence-corrected chi connectivity index (χ4v) is 2.26. The van der Waals surface area contributed by atoms with E-state index in [1.54, 1.807) is 13.2 Å². The van der Waals surface area contributed by atoms with Crippen LogP contribution in [0.25, 0.3) is 22.6 Å². The van der Waals surface area contributed by atoms with Crippen LogP contribution in [0.3, 0.4) is 0 Å². The van der Waals surface area contributed by atoms with Crippen LogP contribution in [0.1, 0.15) is 20.8 Å². The topological polar surface area (TPSA) is 64.4 Å². The van der Waals surface area contributed by atoms with Crippen molar-refractivity contribution in [2.45, 2.75) is 20.8 Å². The minimum Gasteiger partial charge on any atom is -0.496 e. The van der Waals surface area contributed by atoms with Gasteiger partial charge in [-0.05, 0) is 24.3 Å². The number of carbonyl (C=O) groups is 1. The number of ether oxygens (including phenoxy) is 1. The van der Waals surface area contributed by atoms with Gasteiger partial charge in [0, 0.05) is 17.2 Å². The van der Waals surface area contributed by atoms with E-state index >= 15 is 0 Å². The molecule has 24 heavy (non-hydrogen) atoms. The Bertz CT molecular complexity index is 891. The Morgan fingerprint density at radius 1 is 1.17 bits per heavy atom. The normalized spacial score (nSPS) is 11.5. The van der Waals surface area contributed by atoms with Crippen molar-refractivity contribution >= 4 is 22.7 Å². The van der Waals surface area contributed by atoms with E-state index in [2.05, 4.69) is 10.3 Å². The number of benzene rings is 2. The van der Waals surface area contributed by atoms with Crippen LogP contribution in [0.5, 0.6) is 5.75 Å². The molecule has 0 aliphatic heterocycles. The monoisotopic (exact) mass is 324 g/mol. The molecule has 0 saturated carbocycles. The van der Waals surface area contributed by atoms with Crippen LogP contribution in [-0.2, 0) is 4.79 Å². The molecule has 1 aromatic heterocycles. The third-order valence-electron chi connectivity index (χ3n) is 3.66. The van der Waals surface area contributed by atoms with Gasteiger partial charge in [-0.15, -0.1) is 0 Å². The number of amides is 1. The zero-order valence-electron chi connectivity index (χ0n) is 14.2. The summed E-state index contributed by atoms with van der Waals surface area (Å²) in [6, 6.07) is 13.0. The average Bonchev–Trinajstić information content (AvgIpc) is 2.97. The molecule has 2 aromatic carbocycles. The molecule has 0 atom stereocenters. The first-order valence-electron chi connectivity index (χ1n) is 7.74. The first-order chi connectivity index (χ1) is 11.4. The summed E-state index contributed by atoms with van der Waals surface area (Å²) in [5, 5.41) is 2.89. The maximum Gasteiger partial charge on any atom is 0.231 e. The van der Waals surface area contributed by atoms with E-state index in [1.807, 2.05) is 57.2 Å². The standard InChI is InChI=1S/C19H20N2O3/c1-19(2,3)18(22)20-12-9-10-14-16(11-12)24-17(21-14)13-7-5-6-8-15(13)23-4/h5-11H,1-4H3,(H,20,22). The van der Waals surface area contributed by atoms with Crippen LogP contribution < -0.4 is 10.1 Å². The van der Waals surface area contributed by atoms with Crippen LogP contribution in [0, 0.1) is 5.41 Å². The van der Waals surface area contributed by atoms with E-state index in [0.717, 1.165) is 11.1 Å². The van der Waals surface area contributed by atoms with E-state index in [4.69, 9.17) is 9.15 Å². The zero-order chi connectivity index (χ0) is 17.3. The number of para-hydroxylation sites is 1. The molecule has 0 aliphatic carbocycles. The van der Waals surface area contributed by atoms with Gasteiger partial charge < -0.3 is 14.5 Å². The quantitative estimate of drug-likeness (QED) is 0.771. The van der Waals surface area contributed by atoms with Gasteiger partial charge in [0.2, 0.25) is 11.8 Å². The minimum absolute atomic E-state index is 0.0497. The molecule has 1 amide bonds. The van der Waals surface area contributed by atoms with E-state index in [0.29, 0.717) is 22.9 Å². The van der Waals surface area contributed by atoms with E-state index in [9.17, 15) is 4.79 Å². The second-order valence-corrected chi connectivity index (χ2v) is 6.61. The molecule has 3 aromatic rings. The van der Waals surface area contributed by atoms with Gasteiger partial charge in [0.15, 0.2) is 5.58 Å². The van der Waals surface area contributed by atoms with Crippen molar-refractivity contribution in [3.05, 3.63) is 42.5 Å². The lowest BCUT2D eigenvalue weighted by atomic mass is 9.95. The molecule has 0 saturated heterocycles. The molecule has 3 rings (SSSR count). The summed E-state index contributed by atoms with van der Waals surface area (Å²) in [7, 11) is 1.61. The second kappa shape index (κ2) is 6.00. The molecule has 0 bridgehead atoms. The fraction of sp³-hybridized carbons (Fsp3) is 0.263. The summed E-state index contributed by atoms with van der Waals surface area (Å²) in [6.45, 7) is 5.61. The lowest BCUT2D eigenvalue weighted by Crippen LogP contribution is -2.27. The lowest BCUT2D eigenvalue weighted by molar-refractivity contribution is -0.123. The number of rotatable bonds is 3. The number of carbonyl (C=O) groups excluding carboxylic acids is 1. The Morgan fingerprint density at radius 2 is 1.92 bits per heavy atom. The Balaban J connectivity index is 1.96. The van der Waals surface area contributed by atoms with Crippen LogP contribution in [-0.4, -0.2) is 18.0 Å². The molecule has 0 fully saturated rings. The third-order valence-corrected chi connectivity index (χ3v) is 3.66. The van der Waals surface area contributed by atoms with Crippen molar-refractivity contribution < 1.29 is 13.9 Å². The number of anilines is 1. The van der Waals surface area contributed by atoms with Gasteiger partial charge in [0.1, 0.15) is 11.3 Å². The van der Waals surface area contributed by atoms with Crippen molar-refractivity contribution in [3.8, 4) is 17.2 Å². The summed E-state index contributed by atoms with van der Waals surface area (Å²) in [5.41, 5.74) is 2.35. The molecule has 1 heterocycles. The van der Waals surface area contributed by atoms with E-state index in [-0.39, 0.29) is 5.91 Å². The molecular weight excluding hydrogens is 304 g/mol. The van der Waals surface area contributed by atoms with Crippen molar-refractivity contribution in [1.82, 2.24) is 4.98 Å². The van der Waals surface area contributed by atoms with Gasteiger partial charge in [-0.3, -0.25) is 4.79 Å². The molecule has 0 spiro atoms. The Hall–Kier alpha value is -2.82. The average molecular weight is 324 g/mol. The third kappa shape index (κ3) is 3.11. The molecular formula is C19H20N2O3. The van der Waals surface area contributed by atoms with Crippen molar-refractivity contribution in [2.24, 2.45) is 5.41 Å². The second-order valence-electron chi connectivity index (χ2n) is 6.61. The van der Waals surface area contributed by atoms with Crippen molar-refractivity contribution in [2.75, 3.05) is 12.4 Å². The van der Waals surface area contributed by atoms with Crippen molar-refractivity contribution in [3.63, 3.8) is 0 Å². The van der Waals surface area contributed by atoms with Gasteiger partial charge in [-0.1, -0.05) is 32.9 Å². The Labute approximate surface area is 140 Å². The SMILES string of the molecule is COc1ccccc1-c1nc2ccc(NC(=O)C(C)(C)C)cc2o1. The Kier molecular flexibility index (Phi) is 4.01. The highest BCUT2D eigenvalue weighted by atomic mass is 16.5. The molecule has 1 N–H and O–H groups in total. The zero-order valence-corrected chi connectivity index (χ0v) is 14.2. The number of methoxy groups -OCH3 is 1. The highest BCUT2D eigenvalue weighted by Gasteiger charge is 2.21. The fourth-order valence-electron chi connectivity index (χ4n) is 2.26. The number of nitrogens with zero attached hydrogens (tertiary/aromatic N) is 1. The molecule has 0 radical (unpaired) electrons. The van der Waals surface area contributed by atoms with Gasteiger partial charge in [-0.25, -0.2) is 4.98 Å². The number of fused-ring (bicyclic) bond motifs is 1. The first-order valence-corrected chi connectivity index (χ1v) is 7.74. The van der Waals surface area contributed by atoms with Crippen LogP contribution in [0.4, 0.5) is 5.69 Å². The van der Waals surface area contributed by atoms with E-state index in [1.165, 1.54) is 0 Å². The lowest BCUT2D eigenvalue weighted by Gasteiger charge is -2.17. The molecule has 0 aliphatic rings. The largest absolute Gasteiger partial charge is 0.496 e. The number of nitrogens with one attached hydrogen (secondary N) is 1. The summed E-state index contributed by atoms with van der Waals surface area (Å²) in [4.78, 5) is 16.6. The summed E-state index contributed by atoms with van der Waals surface area (Å²) >= 11 is 0. The van der Waals surface area contributed by atoms with Crippen molar-refractivity contribution in [1.29, 1.82) is 0 Å². The predicted molar refractivity (Wildman–Crippen MR) is 94.1 cm³/mol. The van der Waals surface area contributed by atoms with Gasteiger partial charge in [0.05, 0.1) is 12.7 Å². The highest BCUT2D eigenvalue weighted by molar-refractivity contribution is 5.96. The van der Waals surface area contributed by atoms with E-state index < -0.39 is 5.41 Å². The summed E-state index contributed by atoms with van der Waals surface area (Å²) in [5.74, 6) is 1.14. The molecule has 124 valence electrons. The van der Waals surface area contributed by atoms with Crippen LogP contribution >= 0.6 is 0 Å². The summed E-state index contributed by atoms with van der Waals surface area (Å²) < 4.78 is 11.2. The number of oxazole rings is 1. The smallest absolute Gasteiger partial charge is 0.231 e. The predicted octanol–water partition coefficient (Wildman–Crippen LogP) is 4.49. The highest BCUT2D eigenvalue weighted by Crippen LogP contribution is 2.32. The summed E-state index contributed by atoms with van der Waals surface area (Å²) in [6.07, 6.45) is 0.